The second-order valence-electron chi connectivity index (χ2n) is 23.6. The Bertz CT molecular complexity index is 1910. The van der Waals surface area contributed by atoms with Crippen molar-refractivity contribution in [3.8, 4) is 0 Å². The fourth-order valence-electron chi connectivity index (χ4n) is 10.8. The average Bonchev–Trinajstić information content (AvgIpc) is 1.69. The summed E-state index contributed by atoms with van der Waals surface area (Å²) in [6.07, 6.45) is 35.2. The van der Waals surface area contributed by atoms with E-state index in [4.69, 9.17) is 28.4 Å². The van der Waals surface area contributed by atoms with Gasteiger partial charge in [0.05, 0.1) is 38.6 Å². The van der Waals surface area contributed by atoms with Gasteiger partial charge in [-0.15, -0.1) is 0 Å². The van der Waals surface area contributed by atoms with Crippen LogP contribution in [0.4, 0.5) is 0 Å². The topological polar surface area (TPSA) is 307 Å². The van der Waals surface area contributed by atoms with Crippen LogP contribution in [0.25, 0.3) is 0 Å². The summed E-state index contributed by atoms with van der Waals surface area (Å²) in [6, 6.07) is -0.898. The molecule has 0 bridgehead atoms. The smallest absolute Gasteiger partial charge is 0.220 e. The summed E-state index contributed by atoms with van der Waals surface area (Å²) in [6.45, 7) is 1.65. The number of hydrogen-bond acceptors (Lipinski definition) is 18. The number of nitrogens with one attached hydrogen (secondary N) is 1. The highest BCUT2D eigenvalue weighted by molar-refractivity contribution is 5.76. The van der Waals surface area contributed by atoms with Crippen LogP contribution in [0, 0.1) is 0 Å². The van der Waals surface area contributed by atoms with E-state index in [1.54, 1.807) is 0 Å². The van der Waals surface area contributed by atoms with Gasteiger partial charge in [0.1, 0.15) is 73.2 Å². The van der Waals surface area contributed by atoms with Gasteiger partial charge in [-0.2, -0.15) is 0 Å². The van der Waals surface area contributed by atoms with Gasteiger partial charge in [-0.25, -0.2) is 0 Å². The lowest BCUT2D eigenvalue weighted by Gasteiger charge is -2.48. The molecule has 3 saturated heterocycles. The summed E-state index contributed by atoms with van der Waals surface area (Å²) < 4.78 is 34.3. The number of unbranched alkanes of at least 4 members (excludes halogenated alkanes) is 19. The van der Waals surface area contributed by atoms with Crippen LogP contribution in [0.3, 0.4) is 0 Å². The van der Waals surface area contributed by atoms with E-state index < -0.39 is 124 Å². The average molecular weight is 1240 g/mol. The number of amides is 1. The zero-order valence-electron chi connectivity index (χ0n) is 52.7. The van der Waals surface area contributed by atoms with Crippen molar-refractivity contribution in [2.45, 2.75) is 311 Å². The Morgan fingerprint density at radius 1 is 0.425 bits per heavy atom. The number of aliphatic hydroxyl groups is 11. The molecule has 0 aromatic rings. The van der Waals surface area contributed by atoms with Crippen molar-refractivity contribution < 1.29 is 89.4 Å². The van der Waals surface area contributed by atoms with Crippen molar-refractivity contribution in [1.82, 2.24) is 5.32 Å². The van der Waals surface area contributed by atoms with Crippen molar-refractivity contribution in [3.05, 3.63) is 85.1 Å². The molecule has 19 heteroatoms. The summed E-state index contributed by atoms with van der Waals surface area (Å²) >= 11 is 0. The number of carbonyl (C=O) groups is 1. The quantitative estimate of drug-likeness (QED) is 0.0203. The van der Waals surface area contributed by atoms with Gasteiger partial charge in [-0.3, -0.25) is 4.79 Å². The molecule has 0 spiro atoms. The highest BCUT2D eigenvalue weighted by atomic mass is 16.8. The van der Waals surface area contributed by atoms with Crippen LogP contribution in [-0.4, -0.2) is 193 Å². The Labute approximate surface area is 520 Å². The molecule has 3 heterocycles. The second kappa shape index (κ2) is 49.6. The predicted molar refractivity (Wildman–Crippen MR) is 337 cm³/mol. The highest BCUT2D eigenvalue weighted by Crippen LogP contribution is 2.33. The largest absolute Gasteiger partial charge is 0.394 e. The van der Waals surface area contributed by atoms with Gasteiger partial charge in [0.25, 0.3) is 0 Å². The minimum atomic E-state index is -1.98. The lowest BCUT2D eigenvalue weighted by Crippen LogP contribution is -2.66. The molecule has 17 atom stereocenters. The molecule has 3 aliphatic heterocycles. The molecule has 502 valence electrons. The van der Waals surface area contributed by atoms with Crippen LogP contribution in [0.2, 0.25) is 0 Å². The molecular weight excluding hydrogens is 1120 g/mol. The van der Waals surface area contributed by atoms with E-state index in [1.165, 1.54) is 57.8 Å². The molecule has 0 aromatic heterocycles. The monoisotopic (exact) mass is 1240 g/mol. The van der Waals surface area contributed by atoms with Crippen molar-refractivity contribution in [3.63, 3.8) is 0 Å². The number of allylic oxidation sites excluding steroid dienone is 14. The van der Waals surface area contributed by atoms with Crippen molar-refractivity contribution in [2.75, 3.05) is 26.4 Å². The molecule has 1 amide bonds. The summed E-state index contributed by atoms with van der Waals surface area (Å²) in [5.74, 6) is -0.258. The van der Waals surface area contributed by atoms with Crippen molar-refractivity contribution in [2.24, 2.45) is 0 Å². The van der Waals surface area contributed by atoms with Crippen LogP contribution in [-0.2, 0) is 33.2 Å². The standard InChI is InChI=1S/C68H117NO18/c1-3-5-7-9-11-13-15-17-18-19-20-21-22-23-24-25-26-27-28-29-30-31-32-34-36-38-40-42-44-46-56(74)69-51(52(73)45-43-41-39-37-35-33-16-14-12-10-8-6-4-2)50-82-66-62(80)59(77)64(54(48-71)84-66)87-68-63(81)60(78)65(55(49-72)85-68)86-67-61(79)58(76)57(75)53(47-70)83-67/h5,7,11,13,17-18,20-21,23-24,26-27,29-30,51-55,57-68,70-73,75-81H,3-4,6,8-10,12,14-16,19,22,25,28,31-50H2,1-2H3,(H,69,74)/b7-5-,13-11-,18-17-,21-20-,24-23-,27-26-,30-29-. The number of ether oxygens (including phenoxy) is 6. The van der Waals surface area contributed by atoms with Gasteiger partial charge >= 0.3 is 0 Å². The third-order valence-electron chi connectivity index (χ3n) is 16.2. The molecule has 3 fully saturated rings. The normalized spacial score (nSPS) is 29.1. The van der Waals surface area contributed by atoms with E-state index in [1.807, 2.05) is 0 Å². The van der Waals surface area contributed by atoms with Gasteiger partial charge in [0, 0.05) is 6.42 Å². The fourth-order valence-corrected chi connectivity index (χ4v) is 10.8. The first kappa shape index (κ1) is 78.2. The van der Waals surface area contributed by atoms with E-state index in [0.29, 0.717) is 12.8 Å². The summed E-state index contributed by atoms with van der Waals surface area (Å²) in [4.78, 5) is 13.4. The third-order valence-corrected chi connectivity index (χ3v) is 16.2. The molecular formula is C68H117NO18. The summed E-state index contributed by atoms with van der Waals surface area (Å²) in [5, 5.41) is 120. The Morgan fingerprint density at radius 3 is 1.24 bits per heavy atom. The Kier molecular flexibility index (Phi) is 44.6. The van der Waals surface area contributed by atoms with Crippen LogP contribution >= 0.6 is 0 Å². The maximum atomic E-state index is 13.4. The molecule has 0 aromatic carbocycles. The molecule has 12 N–H and O–H groups in total. The second-order valence-corrected chi connectivity index (χ2v) is 23.6. The molecule has 0 aliphatic carbocycles. The first-order valence-electron chi connectivity index (χ1n) is 33.3. The lowest BCUT2D eigenvalue weighted by molar-refractivity contribution is -0.379. The molecule has 19 nitrogen and oxygen atoms in total. The molecule has 3 aliphatic rings. The summed E-state index contributed by atoms with van der Waals surface area (Å²) in [7, 11) is 0. The number of hydrogen-bond donors (Lipinski definition) is 12. The highest BCUT2D eigenvalue weighted by Gasteiger charge is 2.53. The van der Waals surface area contributed by atoms with Gasteiger partial charge in [0.2, 0.25) is 5.91 Å². The maximum Gasteiger partial charge on any atom is 0.220 e. The van der Waals surface area contributed by atoms with Gasteiger partial charge in [0.15, 0.2) is 18.9 Å². The van der Waals surface area contributed by atoms with Crippen LogP contribution in [0.15, 0.2) is 85.1 Å². The summed E-state index contributed by atoms with van der Waals surface area (Å²) in [5.41, 5.74) is 0. The van der Waals surface area contributed by atoms with E-state index in [2.05, 4.69) is 104 Å². The molecule has 3 rings (SSSR count). The molecule has 0 radical (unpaired) electrons. The van der Waals surface area contributed by atoms with E-state index in [0.717, 1.165) is 116 Å². The minimum absolute atomic E-state index is 0.248. The van der Waals surface area contributed by atoms with E-state index in [9.17, 15) is 61.0 Å². The number of rotatable bonds is 49. The third kappa shape index (κ3) is 32.2. The Hall–Kier alpha value is -3.03. The Balaban J connectivity index is 1.42. The first-order chi connectivity index (χ1) is 42.3. The van der Waals surface area contributed by atoms with Gasteiger partial charge < -0.3 is 89.9 Å². The molecule has 17 unspecified atom stereocenters. The fraction of sp³-hybridized carbons (Fsp3) is 0.779. The van der Waals surface area contributed by atoms with Crippen LogP contribution < -0.4 is 5.32 Å². The number of carbonyl (C=O) groups excluding carboxylic acids is 1. The van der Waals surface area contributed by atoms with E-state index >= 15 is 0 Å². The Morgan fingerprint density at radius 2 is 0.793 bits per heavy atom. The van der Waals surface area contributed by atoms with E-state index in [-0.39, 0.29) is 18.9 Å². The van der Waals surface area contributed by atoms with Gasteiger partial charge in [-0.1, -0.05) is 214 Å². The minimum Gasteiger partial charge on any atom is -0.394 e. The number of aliphatic hydroxyl groups excluding tert-OH is 11. The van der Waals surface area contributed by atoms with Crippen LogP contribution in [0.5, 0.6) is 0 Å². The molecule has 0 saturated carbocycles. The van der Waals surface area contributed by atoms with Crippen molar-refractivity contribution >= 4 is 5.91 Å². The van der Waals surface area contributed by atoms with Crippen LogP contribution in [0.1, 0.15) is 206 Å². The van der Waals surface area contributed by atoms with Gasteiger partial charge in [-0.05, 0) is 70.6 Å². The lowest BCUT2D eigenvalue weighted by atomic mass is 9.96. The zero-order chi connectivity index (χ0) is 63.3. The SMILES string of the molecule is CC/C=C\C/C=C\C/C=C\C/C=C\C/C=C\C/C=C\C/C=C\CCCCCCCCCC(=O)NC(COC1OC(CO)C(OC2OC(CO)C(OC3OC(CO)C(O)C(O)C3O)C(O)C2O)C(O)C1O)C(O)CCCCCCCCCCCCCCC. The van der Waals surface area contributed by atoms with Crippen molar-refractivity contribution in [1.29, 1.82) is 0 Å². The zero-order valence-corrected chi connectivity index (χ0v) is 52.7. The molecule has 87 heavy (non-hydrogen) atoms. The first-order valence-corrected chi connectivity index (χ1v) is 33.3. The maximum absolute atomic E-state index is 13.4. The predicted octanol–water partition coefficient (Wildman–Crippen LogP) is 7.93.